The quantitative estimate of drug-likeness (QED) is 0.834. The van der Waals surface area contributed by atoms with E-state index in [0.717, 1.165) is 6.41 Å². The minimum absolute atomic E-state index is 0.0447. The molecule has 6 nitrogen and oxygen atoms in total. The number of carbonyl (C=O) groups is 3. The highest BCUT2D eigenvalue weighted by molar-refractivity contribution is 5.99. The average molecular weight is 303 g/mol. The third-order valence-corrected chi connectivity index (χ3v) is 3.54. The van der Waals surface area contributed by atoms with E-state index in [-0.39, 0.29) is 17.9 Å². The SMILES string of the molecule is CC(C)NC(=O)c1cccc(C(=O)N2CCN(C=O)CC2)c1. The Morgan fingerprint density at radius 2 is 1.77 bits per heavy atom. The lowest BCUT2D eigenvalue weighted by molar-refractivity contribution is -0.119. The molecule has 0 bridgehead atoms. The molecule has 1 aliphatic rings. The summed E-state index contributed by atoms with van der Waals surface area (Å²) in [5.74, 6) is -0.292. The lowest BCUT2D eigenvalue weighted by Crippen LogP contribution is -2.48. The molecule has 1 N–H and O–H groups in total. The maximum absolute atomic E-state index is 12.5. The maximum atomic E-state index is 12.5. The Morgan fingerprint density at radius 1 is 1.14 bits per heavy atom. The minimum Gasteiger partial charge on any atom is -0.350 e. The normalized spacial score (nSPS) is 14.9. The van der Waals surface area contributed by atoms with Crippen molar-refractivity contribution in [2.45, 2.75) is 19.9 Å². The Balaban J connectivity index is 2.07. The topological polar surface area (TPSA) is 69.7 Å². The van der Waals surface area contributed by atoms with E-state index < -0.39 is 0 Å². The van der Waals surface area contributed by atoms with Gasteiger partial charge in [-0.2, -0.15) is 0 Å². The van der Waals surface area contributed by atoms with Gasteiger partial charge in [-0.1, -0.05) is 6.07 Å². The van der Waals surface area contributed by atoms with Crippen LogP contribution in [0.25, 0.3) is 0 Å². The number of piperazine rings is 1. The summed E-state index contributed by atoms with van der Waals surface area (Å²) in [7, 11) is 0. The van der Waals surface area contributed by atoms with E-state index in [1.54, 1.807) is 34.1 Å². The van der Waals surface area contributed by atoms with Gasteiger partial charge in [0.2, 0.25) is 6.41 Å². The van der Waals surface area contributed by atoms with Crippen LogP contribution in [0.4, 0.5) is 0 Å². The van der Waals surface area contributed by atoms with Gasteiger partial charge in [-0.15, -0.1) is 0 Å². The molecule has 0 aromatic heterocycles. The van der Waals surface area contributed by atoms with Gasteiger partial charge in [0.25, 0.3) is 11.8 Å². The van der Waals surface area contributed by atoms with E-state index in [9.17, 15) is 14.4 Å². The molecule has 0 radical (unpaired) electrons. The van der Waals surface area contributed by atoms with Crippen molar-refractivity contribution in [1.29, 1.82) is 0 Å². The smallest absolute Gasteiger partial charge is 0.253 e. The summed E-state index contributed by atoms with van der Waals surface area (Å²) >= 11 is 0. The third-order valence-electron chi connectivity index (χ3n) is 3.54. The molecule has 2 rings (SSSR count). The molecule has 3 amide bonds. The number of amides is 3. The molecule has 6 heteroatoms. The van der Waals surface area contributed by atoms with Gasteiger partial charge in [0.05, 0.1) is 0 Å². The lowest BCUT2D eigenvalue weighted by atomic mass is 10.1. The highest BCUT2D eigenvalue weighted by atomic mass is 16.2. The second kappa shape index (κ2) is 7.06. The summed E-state index contributed by atoms with van der Waals surface area (Å²) in [4.78, 5) is 38.5. The molecule has 1 aliphatic heterocycles. The number of benzene rings is 1. The average Bonchev–Trinajstić information content (AvgIpc) is 2.54. The molecule has 0 atom stereocenters. The van der Waals surface area contributed by atoms with Crippen LogP contribution in [0.5, 0.6) is 0 Å². The van der Waals surface area contributed by atoms with Gasteiger partial charge in [-0.25, -0.2) is 0 Å². The summed E-state index contributed by atoms with van der Waals surface area (Å²) in [5, 5.41) is 2.81. The zero-order valence-corrected chi connectivity index (χ0v) is 12.9. The van der Waals surface area contributed by atoms with Crippen molar-refractivity contribution < 1.29 is 14.4 Å². The van der Waals surface area contributed by atoms with Crippen LogP contribution < -0.4 is 5.32 Å². The van der Waals surface area contributed by atoms with E-state index in [0.29, 0.717) is 37.3 Å². The van der Waals surface area contributed by atoms with Crippen LogP contribution in [0.2, 0.25) is 0 Å². The van der Waals surface area contributed by atoms with Crippen molar-refractivity contribution >= 4 is 18.2 Å². The summed E-state index contributed by atoms with van der Waals surface area (Å²) in [6, 6.07) is 6.78. The van der Waals surface area contributed by atoms with Gasteiger partial charge in [-0.05, 0) is 32.0 Å². The summed E-state index contributed by atoms with van der Waals surface area (Å²) < 4.78 is 0. The van der Waals surface area contributed by atoms with Crippen LogP contribution in [0.1, 0.15) is 34.6 Å². The maximum Gasteiger partial charge on any atom is 0.253 e. The van der Waals surface area contributed by atoms with Crippen molar-refractivity contribution in [1.82, 2.24) is 15.1 Å². The first-order valence-electron chi connectivity index (χ1n) is 7.41. The van der Waals surface area contributed by atoms with Gasteiger partial charge in [0.15, 0.2) is 0 Å². The Kier molecular flexibility index (Phi) is 5.14. The van der Waals surface area contributed by atoms with Gasteiger partial charge in [0.1, 0.15) is 0 Å². The van der Waals surface area contributed by atoms with E-state index in [1.165, 1.54) is 0 Å². The highest BCUT2D eigenvalue weighted by Crippen LogP contribution is 2.11. The van der Waals surface area contributed by atoms with Crippen LogP contribution in [0.3, 0.4) is 0 Å². The molecule has 22 heavy (non-hydrogen) atoms. The number of hydrogen-bond acceptors (Lipinski definition) is 3. The molecule has 1 heterocycles. The first-order chi connectivity index (χ1) is 10.5. The molecule has 0 saturated carbocycles. The molecule has 118 valence electrons. The fraction of sp³-hybridized carbons (Fsp3) is 0.438. The summed E-state index contributed by atoms with van der Waals surface area (Å²) in [6.45, 7) is 5.89. The zero-order chi connectivity index (χ0) is 16.1. The second-order valence-corrected chi connectivity index (χ2v) is 5.64. The van der Waals surface area contributed by atoms with E-state index >= 15 is 0 Å². The van der Waals surface area contributed by atoms with Crippen LogP contribution >= 0.6 is 0 Å². The van der Waals surface area contributed by atoms with Crippen LogP contribution in [-0.2, 0) is 4.79 Å². The number of rotatable bonds is 4. The monoisotopic (exact) mass is 303 g/mol. The van der Waals surface area contributed by atoms with Crippen molar-refractivity contribution in [3.05, 3.63) is 35.4 Å². The van der Waals surface area contributed by atoms with Gasteiger partial charge < -0.3 is 15.1 Å². The molecular weight excluding hydrogens is 282 g/mol. The fourth-order valence-corrected chi connectivity index (χ4v) is 2.35. The number of nitrogens with zero attached hydrogens (tertiary/aromatic N) is 2. The van der Waals surface area contributed by atoms with Crippen molar-refractivity contribution in [3.63, 3.8) is 0 Å². The number of carbonyl (C=O) groups excluding carboxylic acids is 3. The Bertz CT molecular complexity index is 564. The standard InChI is InChI=1S/C16H21N3O3/c1-12(2)17-15(21)13-4-3-5-14(10-13)16(22)19-8-6-18(11-20)7-9-19/h3-5,10-12H,6-9H2,1-2H3,(H,17,21). The Morgan fingerprint density at radius 3 is 2.36 bits per heavy atom. The van der Waals surface area contributed by atoms with Gasteiger partial charge in [-0.3, -0.25) is 14.4 Å². The van der Waals surface area contributed by atoms with E-state index in [1.807, 2.05) is 13.8 Å². The predicted molar refractivity (Wildman–Crippen MR) is 82.6 cm³/mol. The van der Waals surface area contributed by atoms with Gasteiger partial charge >= 0.3 is 0 Å². The molecule has 1 aromatic rings. The molecule has 1 aromatic carbocycles. The third kappa shape index (κ3) is 3.84. The summed E-state index contributed by atoms with van der Waals surface area (Å²) in [5.41, 5.74) is 0.974. The van der Waals surface area contributed by atoms with Crippen LogP contribution in [0, 0.1) is 0 Å². The molecular formula is C16H21N3O3. The Hall–Kier alpha value is -2.37. The molecule has 1 saturated heterocycles. The highest BCUT2D eigenvalue weighted by Gasteiger charge is 2.22. The number of hydrogen-bond donors (Lipinski definition) is 1. The first kappa shape index (κ1) is 16.0. The first-order valence-corrected chi connectivity index (χ1v) is 7.41. The van der Waals surface area contributed by atoms with Crippen molar-refractivity contribution in [2.24, 2.45) is 0 Å². The van der Waals surface area contributed by atoms with E-state index in [2.05, 4.69) is 5.32 Å². The zero-order valence-electron chi connectivity index (χ0n) is 12.9. The minimum atomic E-state index is -0.185. The summed E-state index contributed by atoms with van der Waals surface area (Å²) in [6.07, 6.45) is 0.804. The van der Waals surface area contributed by atoms with Crippen molar-refractivity contribution in [3.8, 4) is 0 Å². The largest absolute Gasteiger partial charge is 0.350 e. The molecule has 0 unspecified atom stereocenters. The van der Waals surface area contributed by atoms with Crippen LogP contribution in [-0.4, -0.2) is 60.2 Å². The number of nitrogens with one attached hydrogen (secondary N) is 1. The van der Waals surface area contributed by atoms with Crippen molar-refractivity contribution in [2.75, 3.05) is 26.2 Å². The second-order valence-electron chi connectivity index (χ2n) is 5.64. The van der Waals surface area contributed by atoms with Crippen LogP contribution in [0.15, 0.2) is 24.3 Å². The molecule has 1 fully saturated rings. The Labute approximate surface area is 130 Å². The fourth-order valence-electron chi connectivity index (χ4n) is 2.35. The molecule has 0 spiro atoms. The molecule has 0 aliphatic carbocycles. The predicted octanol–water partition coefficient (Wildman–Crippen LogP) is 0.739. The van der Waals surface area contributed by atoms with Gasteiger partial charge in [0, 0.05) is 43.3 Å². The van der Waals surface area contributed by atoms with E-state index in [4.69, 9.17) is 0 Å². The lowest BCUT2D eigenvalue weighted by Gasteiger charge is -2.32.